The first-order valence-electron chi connectivity index (χ1n) is 21.3. The number of carbonyl (C=O) groups excluding carboxylic acids is 3. The van der Waals surface area contributed by atoms with E-state index in [0.717, 1.165) is 80.0 Å². The number of carbonyl (C=O) groups is 3. The van der Waals surface area contributed by atoms with Gasteiger partial charge in [-0.1, -0.05) is 78.4 Å². The summed E-state index contributed by atoms with van der Waals surface area (Å²) in [5.41, 5.74) is 2.10. The molecule has 4 aliphatic carbocycles. The van der Waals surface area contributed by atoms with Gasteiger partial charge in [0.05, 0.1) is 12.7 Å². The van der Waals surface area contributed by atoms with Crippen molar-refractivity contribution in [1.29, 1.82) is 0 Å². The van der Waals surface area contributed by atoms with Crippen molar-refractivity contribution in [3.05, 3.63) is 11.6 Å². The summed E-state index contributed by atoms with van der Waals surface area (Å²) in [6.07, 6.45) is 19.5. The molecule has 0 N–H and O–H groups in total. The van der Waals surface area contributed by atoms with Crippen molar-refractivity contribution in [3.63, 3.8) is 0 Å². The second-order valence-electron chi connectivity index (χ2n) is 18.3. The van der Waals surface area contributed by atoms with Gasteiger partial charge in [0.15, 0.2) is 18.3 Å². The van der Waals surface area contributed by atoms with Crippen LogP contribution >= 0.6 is 11.8 Å². The lowest BCUT2D eigenvalue weighted by atomic mass is 9.47. The molecule has 0 unspecified atom stereocenters. The summed E-state index contributed by atoms with van der Waals surface area (Å²) < 4.78 is 28.8. The Morgan fingerprint density at radius 1 is 0.830 bits per heavy atom. The molecule has 12 atom stereocenters. The molecule has 8 nitrogen and oxygen atoms in total. The van der Waals surface area contributed by atoms with Crippen LogP contribution in [0, 0.1) is 46.3 Å². The van der Waals surface area contributed by atoms with Gasteiger partial charge in [0, 0.05) is 27.4 Å². The quantitative estimate of drug-likeness (QED) is 0.0621. The molecule has 9 heteroatoms. The molecule has 1 saturated heterocycles. The predicted molar refractivity (Wildman–Crippen MR) is 210 cm³/mol. The molecule has 53 heavy (non-hydrogen) atoms. The Morgan fingerprint density at radius 3 is 2.26 bits per heavy atom. The second kappa shape index (κ2) is 19.0. The number of hydrogen-bond donors (Lipinski definition) is 0. The van der Waals surface area contributed by atoms with Gasteiger partial charge in [-0.25, -0.2) is 0 Å². The van der Waals surface area contributed by atoms with Crippen molar-refractivity contribution in [1.82, 2.24) is 0 Å². The predicted octanol–water partition coefficient (Wildman–Crippen LogP) is 9.86. The van der Waals surface area contributed by atoms with E-state index in [1.807, 2.05) is 0 Å². The van der Waals surface area contributed by atoms with Crippen LogP contribution in [0.4, 0.5) is 0 Å². The Morgan fingerprint density at radius 2 is 1.55 bits per heavy atom. The highest BCUT2D eigenvalue weighted by atomic mass is 32.2. The third-order valence-corrected chi connectivity index (χ3v) is 15.5. The van der Waals surface area contributed by atoms with Crippen LogP contribution in [0.5, 0.6) is 0 Å². The Labute approximate surface area is 325 Å². The van der Waals surface area contributed by atoms with Crippen LogP contribution in [0.15, 0.2) is 11.6 Å². The van der Waals surface area contributed by atoms with Crippen LogP contribution in [0.2, 0.25) is 0 Å². The second-order valence-corrected chi connectivity index (χ2v) is 19.5. The molecule has 1 heterocycles. The first-order chi connectivity index (χ1) is 25.2. The molecule has 3 saturated carbocycles. The van der Waals surface area contributed by atoms with Crippen molar-refractivity contribution in [3.8, 4) is 0 Å². The van der Waals surface area contributed by atoms with E-state index in [2.05, 4.69) is 40.7 Å². The molecule has 5 aliphatic rings. The van der Waals surface area contributed by atoms with E-state index in [4.69, 9.17) is 23.7 Å². The average molecular weight is 761 g/mol. The summed E-state index contributed by atoms with van der Waals surface area (Å²) in [4.78, 5) is 35.4. The van der Waals surface area contributed by atoms with Gasteiger partial charge in [0.25, 0.3) is 0 Å². The van der Waals surface area contributed by atoms with Crippen molar-refractivity contribution in [2.45, 2.75) is 182 Å². The highest BCUT2D eigenvalue weighted by Gasteiger charge is 2.59. The maximum absolute atomic E-state index is 11.9. The minimum Gasteiger partial charge on any atom is -0.456 e. The van der Waals surface area contributed by atoms with E-state index in [-0.39, 0.29) is 6.61 Å². The lowest BCUT2D eigenvalue weighted by Gasteiger charge is -2.58. The Bertz CT molecular complexity index is 1270. The topological polar surface area (TPSA) is 97.4 Å². The lowest BCUT2D eigenvalue weighted by molar-refractivity contribution is -0.213. The van der Waals surface area contributed by atoms with Gasteiger partial charge in [-0.2, -0.15) is 0 Å². The van der Waals surface area contributed by atoms with Crippen molar-refractivity contribution in [2.75, 3.05) is 19.0 Å². The maximum atomic E-state index is 11.9. The number of unbranched alkanes of at least 4 members (excludes halogenated alkanes) is 3. The van der Waals surface area contributed by atoms with E-state index in [1.54, 1.807) is 17.3 Å². The zero-order chi connectivity index (χ0) is 38.3. The fourth-order valence-electron chi connectivity index (χ4n) is 11.7. The molecule has 1 aliphatic heterocycles. The zero-order valence-electron chi connectivity index (χ0n) is 34.3. The molecule has 0 radical (unpaired) electrons. The van der Waals surface area contributed by atoms with Gasteiger partial charge in [-0.3, -0.25) is 14.4 Å². The Kier molecular flexibility index (Phi) is 15.3. The third-order valence-electron chi connectivity index (χ3n) is 14.2. The highest BCUT2D eigenvalue weighted by Crippen LogP contribution is 2.67. The fourth-order valence-corrected chi connectivity index (χ4v) is 12.8. The monoisotopic (exact) mass is 760 g/mol. The van der Waals surface area contributed by atoms with Crippen molar-refractivity contribution >= 4 is 29.7 Å². The van der Waals surface area contributed by atoms with E-state index < -0.39 is 41.7 Å². The summed E-state index contributed by atoms with van der Waals surface area (Å²) in [5.74, 6) is 4.48. The normalized spacial score (nSPS) is 37.2. The van der Waals surface area contributed by atoms with Gasteiger partial charge in [0.2, 0.25) is 0 Å². The summed E-state index contributed by atoms with van der Waals surface area (Å²) in [7, 11) is 0. The first-order valence-corrected chi connectivity index (χ1v) is 22.3. The van der Waals surface area contributed by atoms with Crippen LogP contribution in [-0.4, -0.2) is 66.7 Å². The minimum absolute atomic E-state index is 0.0707. The van der Waals surface area contributed by atoms with E-state index in [0.29, 0.717) is 16.9 Å². The highest BCUT2D eigenvalue weighted by molar-refractivity contribution is 7.99. The van der Waals surface area contributed by atoms with Gasteiger partial charge >= 0.3 is 17.9 Å². The zero-order valence-corrected chi connectivity index (χ0v) is 35.1. The van der Waals surface area contributed by atoms with Crippen LogP contribution in [0.3, 0.4) is 0 Å². The number of fused-ring (bicyclic) bond motifs is 5. The van der Waals surface area contributed by atoms with Gasteiger partial charge in [-0.15, -0.1) is 11.8 Å². The van der Waals surface area contributed by atoms with Gasteiger partial charge < -0.3 is 23.7 Å². The largest absolute Gasteiger partial charge is 0.456 e. The summed E-state index contributed by atoms with van der Waals surface area (Å²) in [5, 5.41) is 0. The molecule has 5 rings (SSSR count). The van der Waals surface area contributed by atoms with Gasteiger partial charge in [-0.05, 0) is 116 Å². The average Bonchev–Trinajstić information content (AvgIpc) is 3.44. The summed E-state index contributed by atoms with van der Waals surface area (Å²) >= 11 is 1.54. The van der Waals surface area contributed by atoms with Crippen LogP contribution in [-0.2, 0) is 38.1 Å². The number of esters is 3. The van der Waals surface area contributed by atoms with Gasteiger partial charge in [0.1, 0.15) is 5.44 Å². The molecule has 0 aromatic heterocycles. The molecular weight excluding hydrogens is 689 g/mol. The van der Waals surface area contributed by atoms with E-state index in [1.165, 1.54) is 85.0 Å². The molecule has 4 fully saturated rings. The Hall–Kier alpha value is -1.58. The standard InChI is InChI=1S/C44H72O8S/c1-28(2)14-13-15-29(3)36-18-19-37-35-17-16-33-26-34(20-22-43(33,7)38(35)21-23-44(36,37)8)48-24-11-9-10-12-25-53-42-41(52-32(6)47)40(51-31(5)46)39(27-49-42)50-30(4)45/h16,28-29,34-42H,9-15,17-27H2,1-8H3/t29-,34+,35+,36-,37+,38+,39-,40+,41-,42+,43+,44-/m1/s1. The van der Waals surface area contributed by atoms with Crippen molar-refractivity contribution in [2.24, 2.45) is 46.3 Å². The molecule has 0 aromatic carbocycles. The van der Waals surface area contributed by atoms with Crippen molar-refractivity contribution < 1.29 is 38.1 Å². The maximum Gasteiger partial charge on any atom is 0.303 e. The number of ether oxygens (including phenoxy) is 5. The fraction of sp³-hybridized carbons (Fsp3) is 0.886. The number of hydrogen-bond acceptors (Lipinski definition) is 9. The first kappa shape index (κ1) is 42.6. The molecule has 0 bridgehead atoms. The van der Waals surface area contributed by atoms with E-state index in [9.17, 15) is 14.4 Å². The number of rotatable bonds is 17. The summed E-state index contributed by atoms with van der Waals surface area (Å²) in [6.45, 7) is 17.4. The molecule has 302 valence electrons. The van der Waals surface area contributed by atoms with E-state index >= 15 is 0 Å². The van der Waals surface area contributed by atoms with Crippen LogP contribution in [0.1, 0.15) is 152 Å². The smallest absolute Gasteiger partial charge is 0.303 e. The Balaban J connectivity index is 1.02. The minimum atomic E-state index is -0.913. The van der Waals surface area contributed by atoms with Crippen LogP contribution in [0.25, 0.3) is 0 Å². The summed E-state index contributed by atoms with van der Waals surface area (Å²) in [6, 6.07) is 0. The third kappa shape index (κ3) is 10.4. The molecular formula is C44H72O8S. The SMILES string of the molecule is CC(=O)O[C@@H]1[C@@H](OC(C)=O)[C@H](SCCCCCCO[C@H]2CC[C@@]3(C)C(=CC[C@H]4[C@@H]5CC[C@H]([C@H](C)CCCC(C)C)[C@@]5(C)CC[C@@H]43)C2)OC[C@H]1OC(C)=O. The number of allylic oxidation sites excluding steroid dienone is 1. The lowest BCUT2D eigenvalue weighted by Crippen LogP contribution is -2.56. The molecule has 0 amide bonds. The molecule has 0 aromatic rings. The molecule has 0 spiro atoms. The number of thioether (sulfide) groups is 1. The van der Waals surface area contributed by atoms with Crippen LogP contribution < -0.4 is 0 Å².